The summed E-state index contributed by atoms with van der Waals surface area (Å²) < 4.78 is 11.8. The zero-order chi connectivity index (χ0) is 29.0. The molecule has 1 fully saturated rings. The number of benzene rings is 2. The van der Waals surface area contributed by atoms with Gasteiger partial charge in [0.05, 0.1) is 13.2 Å². The van der Waals surface area contributed by atoms with E-state index in [9.17, 15) is 9.59 Å². The van der Waals surface area contributed by atoms with Gasteiger partial charge in [-0.25, -0.2) is 4.98 Å². The average molecular weight is 580 g/mol. The topological polar surface area (TPSA) is 87.2 Å². The fraction of sp³-hybridized carbons (Fsp3) is 0.387. The van der Waals surface area contributed by atoms with Crippen molar-refractivity contribution in [3.63, 3.8) is 0 Å². The van der Waals surface area contributed by atoms with Crippen LogP contribution in [0, 0.1) is 0 Å². The summed E-state index contributed by atoms with van der Waals surface area (Å²) in [5, 5.41) is 3.47. The second kappa shape index (κ2) is 15.5. The summed E-state index contributed by atoms with van der Waals surface area (Å²) in [6, 6.07) is 18.9. The van der Waals surface area contributed by atoms with Crippen LogP contribution >= 0.6 is 11.6 Å². The second-order valence-electron chi connectivity index (χ2n) is 10.3. The van der Waals surface area contributed by atoms with Gasteiger partial charge in [0, 0.05) is 37.4 Å². The summed E-state index contributed by atoms with van der Waals surface area (Å²) >= 11 is 5.98. The summed E-state index contributed by atoms with van der Waals surface area (Å²) in [6.07, 6.45) is 2.63. The molecule has 1 unspecified atom stereocenters. The predicted octanol–water partition coefficient (Wildman–Crippen LogP) is 3.94. The zero-order valence-corrected chi connectivity index (χ0v) is 24.4. The van der Waals surface area contributed by atoms with E-state index in [-0.39, 0.29) is 24.0 Å². The van der Waals surface area contributed by atoms with Crippen molar-refractivity contribution in [3.8, 4) is 11.6 Å². The van der Waals surface area contributed by atoms with E-state index >= 15 is 0 Å². The van der Waals surface area contributed by atoms with Crippen molar-refractivity contribution >= 4 is 23.4 Å². The molecule has 10 heteroatoms. The number of rotatable bonds is 13. The summed E-state index contributed by atoms with van der Waals surface area (Å²) in [7, 11) is 4.15. The van der Waals surface area contributed by atoms with Crippen molar-refractivity contribution in [2.24, 2.45) is 0 Å². The number of aromatic nitrogens is 1. The fourth-order valence-electron chi connectivity index (χ4n) is 4.56. The molecule has 1 N–H and O–H groups in total. The summed E-state index contributed by atoms with van der Waals surface area (Å²) in [4.78, 5) is 37.8. The highest BCUT2D eigenvalue weighted by molar-refractivity contribution is 6.30. The molecular weight excluding hydrogens is 542 g/mol. The Kier molecular flexibility index (Phi) is 11.5. The maximum atomic E-state index is 13.7. The van der Waals surface area contributed by atoms with E-state index in [1.807, 2.05) is 35.2 Å². The minimum Gasteiger partial charge on any atom is -0.438 e. The lowest BCUT2D eigenvalue weighted by atomic mass is 10.2. The number of nitrogens with zero attached hydrogens (tertiary/aromatic N) is 4. The van der Waals surface area contributed by atoms with E-state index in [0.717, 1.165) is 38.2 Å². The fourth-order valence-corrected chi connectivity index (χ4v) is 4.69. The van der Waals surface area contributed by atoms with Crippen molar-refractivity contribution in [3.05, 3.63) is 89.1 Å². The molecule has 1 saturated heterocycles. The highest BCUT2D eigenvalue weighted by atomic mass is 35.5. The molecule has 0 aliphatic carbocycles. The number of hydrogen-bond donors (Lipinski definition) is 1. The minimum absolute atomic E-state index is 0.0379. The van der Waals surface area contributed by atoms with E-state index in [2.05, 4.69) is 34.2 Å². The van der Waals surface area contributed by atoms with Gasteiger partial charge in [-0.2, -0.15) is 0 Å². The number of carbonyl (C=O) groups excluding carboxylic acids is 2. The molecule has 218 valence electrons. The third-order valence-electron chi connectivity index (χ3n) is 6.81. The van der Waals surface area contributed by atoms with Crippen LogP contribution in [0.4, 0.5) is 0 Å². The van der Waals surface area contributed by atoms with E-state index in [4.69, 9.17) is 21.1 Å². The quantitative estimate of drug-likeness (QED) is 0.328. The van der Waals surface area contributed by atoms with Crippen LogP contribution in [-0.2, 0) is 16.1 Å². The monoisotopic (exact) mass is 579 g/mol. The van der Waals surface area contributed by atoms with Gasteiger partial charge in [-0.3, -0.25) is 14.5 Å². The summed E-state index contributed by atoms with van der Waals surface area (Å²) in [6.45, 7) is 5.20. The number of piperazine rings is 1. The normalized spacial score (nSPS) is 14.6. The molecule has 0 radical (unpaired) electrons. The zero-order valence-electron chi connectivity index (χ0n) is 23.7. The standard InChI is InChI=1S/C31H38ClN5O4/c1-35(2)16-7-17-36-18-20-37(21-19-36)31(39)28(23-40-22-24-8-4-3-5-9-24)34-29(38)27-10-6-15-33-30(27)41-26-13-11-25(32)12-14-26/h3-6,8-15,28H,7,16-23H2,1-2H3,(H,34,38). The van der Waals surface area contributed by atoms with Gasteiger partial charge in [0.25, 0.3) is 5.91 Å². The largest absolute Gasteiger partial charge is 0.438 e. The Morgan fingerprint density at radius 3 is 2.44 bits per heavy atom. The van der Waals surface area contributed by atoms with E-state index in [1.54, 1.807) is 42.6 Å². The molecule has 0 spiro atoms. The SMILES string of the molecule is CN(C)CCCN1CCN(C(=O)C(COCc2ccccc2)NC(=O)c2cccnc2Oc2ccc(Cl)cc2)CC1. The van der Waals surface area contributed by atoms with Gasteiger partial charge < -0.3 is 24.6 Å². The van der Waals surface area contributed by atoms with Crippen molar-refractivity contribution in [2.75, 3.05) is 60.0 Å². The van der Waals surface area contributed by atoms with Crippen LogP contribution in [0.1, 0.15) is 22.3 Å². The molecule has 1 aliphatic heterocycles. The van der Waals surface area contributed by atoms with Gasteiger partial charge in [-0.05, 0) is 75.6 Å². The molecule has 3 aromatic rings. The molecule has 1 aromatic heterocycles. The third kappa shape index (κ3) is 9.54. The molecule has 2 amide bonds. The average Bonchev–Trinajstić information content (AvgIpc) is 2.98. The number of nitrogens with one attached hydrogen (secondary N) is 1. The number of pyridine rings is 1. The van der Waals surface area contributed by atoms with Gasteiger partial charge in [0.1, 0.15) is 17.4 Å². The highest BCUT2D eigenvalue weighted by Crippen LogP contribution is 2.24. The molecular formula is C31H38ClN5O4. The lowest BCUT2D eigenvalue weighted by molar-refractivity contribution is -0.136. The Balaban J connectivity index is 1.42. The van der Waals surface area contributed by atoms with E-state index in [0.29, 0.717) is 30.5 Å². The van der Waals surface area contributed by atoms with Crippen molar-refractivity contribution < 1.29 is 19.1 Å². The molecule has 2 heterocycles. The lowest BCUT2D eigenvalue weighted by Gasteiger charge is -2.36. The molecule has 9 nitrogen and oxygen atoms in total. The molecule has 0 saturated carbocycles. The van der Waals surface area contributed by atoms with Crippen LogP contribution in [-0.4, -0.2) is 97.5 Å². The van der Waals surface area contributed by atoms with Gasteiger partial charge in [0.15, 0.2) is 0 Å². The Bertz CT molecular complexity index is 1250. The molecule has 1 atom stereocenters. The molecule has 41 heavy (non-hydrogen) atoms. The van der Waals surface area contributed by atoms with Crippen LogP contribution in [0.2, 0.25) is 5.02 Å². The Morgan fingerprint density at radius 1 is 1.00 bits per heavy atom. The minimum atomic E-state index is -0.866. The number of ether oxygens (including phenoxy) is 2. The van der Waals surface area contributed by atoms with Crippen LogP contribution < -0.4 is 10.1 Å². The highest BCUT2D eigenvalue weighted by Gasteiger charge is 2.30. The van der Waals surface area contributed by atoms with Crippen LogP contribution in [0.15, 0.2) is 72.9 Å². The molecule has 1 aliphatic rings. The first kappa shape index (κ1) is 30.5. The summed E-state index contributed by atoms with van der Waals surface area (Å²) in [5.41, 5.74) is 1.20. The first-order valence-corrected chi connectivity index (χ1v) is 14.2. The second-order valence-corrected chi connectivity index (χ2v) is 10.7. The Hall–Kier alpha value is -3.50. The number of carbonyl (C=O) groups is 2. The van der Waals surface area contributed by atoms with Crippen LogP contribution in [0.25, 0.3) is 0 Å². The molecule has 4 rings (SSSR count). The van der Waals surface area contributed by atoms with Gasteiger partial charge in [-0.1, -0.05) is 41.9 Å². The van der Waals surface area contributed by atoms with E-state index < -0.39 is 11.9 Å². The van der Waals surface area contributed by atoms with Gasteiger partial charge in [0.2, 0.25) is 11.8 Å². The van der Waals surface area contributed by atoms with Gasteiger partial charge >= 0.3 is 0 Å². The van der Waals surface area contributed by atoms with Crippen molar-refractivity contribution in [2.45, 2.75) is 19.1 Å². The lowest BCUT2D eigenvalue weighted by Crippen LogP contribution is -2.56. The first-order chi connectivity index (χ1) is 19.9. The Labute approximate surface area is 247 Å². The van der Waals surface area contributed by atoms with Crippen LogP contribution in [0.5, 0.6) is 11.6 Å². The smallest absolute Gasteiger partial charge is 0.257 e. The molecule has 2 aromatic carbocycles. The predicted molar refractivity (Wildman–Crippen MR) is 159 cm³/mol. The number of halogens is 1. The van der Waals surface area contributed by atoms with Crippen molar-refractivity contribution in [1.29, 1.82) is 0 Å². The maximum Gasteiger partial charge on any atom is 0.257 e. The third-order valence-corrected chi connectivity index (χ3v) is 7.06. The number of hydrogen-bond acceptors (Lipinski definition) is 7. The van der Waals surface area contributed by atoms with Gasteiger partial charge in [-0.15, -0.1) is 0 Å². The summed E-state index contributed by atoms with van der Waals surface area (Å²) in [5.74, 6) is -0.00561. The maximum absolute atomic E-state index is 13.7. The van der Waals surface area contributed by atoms with Crippen LogP contribution in [0.3, 0.4) is 0 Å². The number of amides is 2. The van der Waals surface area contributed by atoms with E-state index in [1.165, 1.54) is 0 Å². The Morgan fingerprint density at radius 2 is 1.73 bits per heavy atom. The first-order valence-electron chi connectivity index (χ1n) is 13.9. The van der Waals surface area contributed by atoms with Crippen molar-refractivity contribution in [1.82, 2.24) is 25.0 Å². The molecule has 0 bridgehead atoms.